The first-order chi connectivity index (χ1) is 14.6. The Bertz CT molecular complexity index is 1200. The second-order valence-electron chi connectivity index (χ2n) is 6.50. The molecule has 0 fully saturated rings. The highest BCUT2D eigenvalue weighted by Gasteiger charge is 2.23. The molecule has 0 radical (unpaired) electrons. The van der Waals surface area contributed by atoms with Crippen molar-refractivity contribution in [1.29, 1.82) is 0 Å². The minimum absolute atomic E-state index is 0.416. The van der Waals surface area contributed by atoms with E-state index in [4.69, 9.17) is 15.2 Å². The number of hydrogen-bond acceptors (Lipinski definition) is 6. The highest BCUT2D eigenvalue weighted by molar-refractivity contribution is 9.10. The molecule has 2 aromatic heterocycles. The van der Waals surface area contributed by atoms with Crippen molar-refractivity contribution < 1.29 is 14.0 Å². The van der Waals surface area contributed by atoms with E-state index in [2.05, 4.69) is 41.5 Å². The summed E-state index contributed by atoms with van der Waals surface area (Å²) in [6, 6.07) is 13.9. The van der Waals surface area contributed by atoms with Gasteiger partial charge in [0.2, 0.25) is 5.52 Å². The lowest BCUT2D eigenvalue weighted by atomic mass is 10.1. The maximum Gasteiger partial charge on any atom is 0.308 e. The van der Waals surface area contributed by atoms with Gasteiger partial charge in [0.15, 0.2) is 12.1 Å². The van der Waals surface area contributed by atoms with E-state index in [-0.39, 0.29) is 0 Å². The summed E-state index contributed by atoms with van der Waals surface area (Å²) in [6.07, 6.45) is 2.31. The number of nitrogens with zero attached hydrogens (tertiary/aromatic N) is 3. The summed E-state index contributed by atoms with van der Waals surface area (Å²) in [5.41, 5.74) is 8.81. The molecule has 0 bridgehead atoms. The molecule has 3 N–H and O–H groups in total. The highest BCUT2D eigenvalue weighted by atomic mass is 79.9. The first-order valence-corrected chi connectivity index (χ1v) is 10.9. The van der Waals surface area contributed by atoms with Gasteiger partial charge in [0.1, 0.15) is 11.5 Å². The van der Waals surface area contributed by atoms with Gasteiger partial charge in [-0.1, -0.05) is 39.1 Å². The van der Waals surface area contributed by atoms with Crippen LogP contribution in [0.2, 0.25) is 0 Å². The SMILES string of the molecule is COc1ccc(OC)c(Sc2[nH]c3c(N)ncnc3[n+]2CCc2ccccc2Br)c1. The first-order valence-electron chi connectivity index (χ1n) is 9.26. The number of hydrogen-bond donors (Lipinski definition) is 2. The molecule has 0 saturated carbocycles. The Labute approximate surface area is 186 Å². The van der Waals surface area contributed by atoms with Crippen molar-refractivity contribution in [1.82, 2.24) is 15.0 Å². The number of anilines is 1. The Hall–Kier alpha value is -2.78. The molecule has 0 atom stereocenters. The number of nitrogen functional groups attached to an aromatic ring is 1. The number of rotatable bonds is 7. The van der Waals surface area contributed by atoms with Crippen molar-refractivity contribution in [2.75, 3.05) is 20.0 Å². The van der Waals surface area contributed by atoms with Gasteiger partial charge in [0, 0.05) is 10.9 Å². The zero-order valence-corrected chi connectivity index (χ0v) is 19.0. The number of ether oxygens (including phenoxy) is 2. The van der Waals surface area contributed by atoms with E-state index in [0.717, 1.165) is 38.1 Å². The standard InChI is InChI=1S/C21H20BrN5O2S/c1-28-14-7-8-16(29-2)17(11-14)30-21-26-18-19(23)24-12-25-20(18)27(21)10-9-13-5-3-4-6-15(13)22/h3-8,11-12H,9-10H2,1-2H3,(H2,23,24,25)/p+1. The number of nitrogens with two attached hydrogens (primary N) is 1. The average molecular weight is 487 g/mol. The van der Waals surface area contributed by atoms with Crippen LogP contribution in [0.1, 0.15) is 5.56 Å². The minimum atomic E-state index is 0.416. The van der Waals surface area contributed by atoms with Crippen LogP contribution in [0.15, 0.2) is 63.3 Å². The highest BCUT2D eigenvalue weighted by Crippen LogP contribution is 2.36. The van der Waals surface area contributed by atoms with Crippen molar-refractivity contribution in [3.05, 3.63) is 58.8 Å². The van der Waals surface area contributed by atoms with Gasteiger partial charge in [0.25, 0.3) is 5.16 Å². The molecule has 7 nitrogen and oxygen atoms in total. The van der Waals surface area contributed by atoms with Crippen LogP contribution in [0, 0.1) is 0 Å². The smallest absolute Gasteiger partial charge is 0.308 e. The molecule has 0 amide bonds. The fourth-order valence-electron chi connectivity index (χ4n) is 3.17. The summed E-state index contributed by atoms with van der Waals surface area (Å²) in [5.74, 6) is 1.93. The van der Waals surface area contributed by atoms with Crippen LogP contribution in [0.3, 0.4) is 0 Å². The number of H-pyrrole nitrogens is 1. The number of imidazole rings is 1. The number of aryl methyl sites for hydroxylation is 2. The minimum Gasteiger partial charge on any atom is -0.497 e. The second-order valence-corrected chi connectivity index (χ2v) is 8.38. The molecule has 0 aliphatic heterocycles. The van der Waals surface area contributed by atoms with Crippen LogP contribution in [0.25, 0.3) is 11.2 Å². The normalized spacial score (nSPS) is 11.0. The van der Waals surface area contributed by atoms with E-state index in [1.807, 2.05) is 36.4 Å². The molecule has 2 heterocycles. The summed E-state index contributed by atoms with van der Waals surface area (Å²) in [7, 11) is 3.30. The number of benzene rings is 2. The van der Waals surface area contributed by atoms with Crippen molar-refractivity contribution >= 4 is 44.7 Å². The molecule has 0 saturated heterocycles. The summed E-state index contributed by atoms with van der Waals surface area (Å²) in [4.78, 5) is 12.9. The lowest BCUT2D eigenvalue weighted by molar-refractivity contribution is -0.709. The predicted molar refractivity (Wildman–Crippen MR) is 120 cm³/mol. The third-order valence-electron chi connectivity index (χ3n) is 4.73. The Balaban J connectivity index is 1.75. The topological polar surface area (TPSA) is 89.9 Å². The molecular weight excluding hydrogens is 466 g/mol. The molecule has 4 aromatic rings. The van der Waals surface area contributed by atoms with Crippen molar-refractivity contribution in [3.63, 3.8) is 0 Å². The van der Waals surface area contributed by atoms with E-state index < -0.39 is 0 Å². The Morgan fingerprint density at radius 2 is 1.97 bits per heavy atom. The Kier molecular flexibility index (Phi) is 6.10. The molecule has 0 spiro atoms. The lowest BCUT2D eigenvalue weighted by Crippen LogP contribution is -2.36. The molecule has 0 aliphatic carbocycles. The van der Waals surface area contributed by atoms with E-state index in [1.54, 1.807) is 14.2 Å². The van der Waals surface area contributed by atoms with Crippen molar-refractivity contribution in [2.24, 2.45) is 0 Å². The van der Waals surface area contributed by atoms with Crippen LogP contribution < -0.4 is 19.8 Å². The van der Waals surface area contributed by atoms with Gasteiger partial charge < -0.3 is 15.2 Å². The van der Waals surface area contributed by atoms with Crippen LogP contribution in [-0.4, -0.2) is 29.2 Å². The van der Waals surface area contributed by atoms with Crippen molar-refractivity contribution in [3.8, 4) is 11.5 Å². The maximum atomic E-state index is 6.11. The largest absolute Gasteiger partial charge is 0.497 e. The van der Waals surface area contributed by atoms with Crippen LogP contribution in [0.4, 0.5) is 5.82 Å². The molecule has 154 valence electrons. The van der Waals surface area contributed by atoms with Gasteiger partial charge in [-0.2, -0.15) is 4.98 Å². The van der Waals surface area contributed by atoms with E-state index in [9.17, 15) is 0 Å². The fourth-order valence-corrected chi connectivity index (χ4v) is 4.73. The number of methoxy groups -OCH3 is 2. The maximum absolute atomic E-state index is 6.11. The predicted octanol–water partition coefficient (Wildman–Crippen LogP) is 4.00. The van der Waals surface area contributed by atoms with Gasteiger partial charge in [-0.15, -0.1) is 0 Å². The summed E-state index contributed by atoms with van der Waals surface area (Å²) < 4.78 is 14.1. The number of halogens is 1. The monoisotopic (exact) mass is 486 g/mol. The number of aromatic amines is 1. The third-order valence-corrected chi connectivity index (χ3v) is 6.56. The van der Waals surface area contributed by atoms with Gasteiger partial charge in [0.05, 0.1) is 25.7 Å². The molecule has 4 rings (SSSR count). The van der Waals surface area contributed by atoms with Crippen molar-refractivity contribution in [2.45, 2.75) is 23.0 Å². The van der Waals surface area contributed by atoms with Crippen LogP contribution in [0.5, 0.6) is 11.5 Å². The number of fused-ring (bicyclic) bond motifs is 1. The van der Waals surface area contributed by atoms with Crippen LogP contribution >= 0.6 is 27.7 Å². The summed E-state index contributed by atoms with van der Waals surface area (Å²) in [5, 5.41) is 0.885. The quantitative estimate of drug-likeness (QED) is 0.383. The molecule has 0 aliphatic rings. The summed E-state index contributed by atoms with van der Waals surface area (Å²) in [6.45, 7) is 0.716. The van der Waals surface area contributed by atoms with E-state index in [1.165, 1.54) is 23.7 Å². The zero-order chi connectivity index (χ0) is 21.1. The average Bonchev–Trinajstić information content (AvgIpc) is 3.11. The molecule has 9 heteroatoms. The molecule has 2 aromatic carbocycles. The lowest BCUT2D eigenvalue weighted by Gasteiger charge is -2.09. The third kappa shape index (κ3) is 4.08. The summed E-state index contributed by atoms with van der Waals surface area (Å²) >= 11 is 5.17. The first kappa shape index (κ1) is 20.5. The molecule has 0 unspecified atom stereocenters. The number of nitrogens with one attached hydrogen (secondary N) is 1. The second kappa shape index (κ2) is 8.93. The van der Waals surface area contributed by atoms with E-state index >= 15 is 0 Å². The fraction of sp³-hybridized carbons (Fsp3) is 0.190. The molecular formula is C21H21BrN5O2S+. The van der Waals surface area contributed by atoms with Gasteiger partial charge in [-0.25, -0.2) is 4.57 Å². The Morgan fingerprint density at radius 3 is 2.73 bits per heavy atom. The van der Waals surface area contributed by atoms with Gasteiger partial charge in [-0.05, 0) is 41.6 Å². The number of aromatic nitrogens is 4. The Morgan fingerprint density at radius 1 is 1.13 bits per heavy atom. The van der Waals surface area contributed by atoms with Gasteiger partial charge >= 0.3 is 5.65 Å². The van der Waals surface area contributed by atoms with Gasteiger partial charge in [-0.3, -0.25) is 4.98 Å². The zero-order valence-electron chi connectivity index (χ0n) is 16.6. The van der Waals surface area contributed by atoms with Crippen LogP contribution in [-0.2, 0) is 13.0 Å². The molecule has 30 heavy (non-hydrogen) atoms. The van der Waals surface area contributed by atoms with E-state index in [0.29, 0.717) is 17.9 Å².